The van der Waals surface area contributed by atoms with Crippen LogP contribution in [0.3, 0.4) is 0 Å². The van der Waals surface area contributed by atoms with Gasteiger partial charge in [0, 0.05) is 0 Å². The molecule has 0 saturated carbocycles. The Morgan fingerprint density at radius 1 is 0.610 bits per heavy atom. The first-order valence-electron chi connectivity index (χ1n) is 15.2. The lowest BCUT2D eigenvalue weighted by molar-refractivity contribution is 0.283. The van der Waals surface area contributed by atoms with Crippen LogP contribution >= 0.6 is 0 Å². The van der Waals surface area contributed by atoms with E-state index in [0.29, 0.717) is 5.41 Å². The molecule has 1 N–H and O–H groups in total. The first-order chi connectivity index (χ1) is 19.0. The Kier molecular flexibility index (Phi) is 8.65. The summed E-state index contributed by atoms with van der Waals surface area (Å²) in [7, 11) is 0. The average Bonchev–Trinajstić information content (AvgIpc) is 3.30. The van der Waals surface area contributed by atoms with E-state index in [1.807, 2.05) is 0 Å². The molecule has 0 radical (unpaired) electrons. The summed E-state index contributed by atoms with van der Waals surface area (Å²) >= 11 is 0. The molecule has 0 fully saturated rings. The fourth-order valence-corrected chi connectivity index (χ4v) is 6.86. The second-order valence-corrected chi connectivity index (χ2v) is 15.7. The van der Waals surface area contributed by atoms with Crippen molar-refractivity contribution in [1.82, 2.24) is 5.43 Å². The molecule has 3 aromatic carbocycles. The van der Waals surface area contributed by atoms with Crippen molar-refractivity contribution in [3.8, 4) is 0 Å². The van der Waals surface area contributed by atoms with Gasteiger partial charge in [0.1, 0.15) is 0 Å². The lowest BCUT2D eigenvalue weighted by Crippen LogP contribution is -2.34. The van der Waals surface area contributed by atoms with Crippen molar-refractivity contribution < 1.29 is 0 Å². The topological polar surface area (TPSA) is 15.3 Å². The molecular weight excluding hydrogens is 496 g/mol. The number of para-hydroxylation sites is 1. The summed E-state index contributed by atoms with van der Waals surface area (Å²) in [5.74, 6) is 0. The molecule has 1 unspecified atom stereocenters. The highest BCUT2D eigenvalue weighted by Crippen LogP contribution is 2.39. The Labute approximate surface area is 250 Å². The minimum absolute atomic E-state index is 0.109. The van der Waals surface area contributed by atoms with Crippen LogP contribution in [0.5, 0.6) is 0 Å². The van der Waals surface area contributed by atoms with E-state index in [2.05, 4.69) is 177 Å². The maximum Gasteiger partial charge on any atom is 0.0958 e. The molecule has 41 heavy (non-hydrogen) atoms. The number of allylic oxidation sites excluding steroid dienone is 1. The SMILES string of the molecule is CC(C)(C)CC(C)(C)c1ccc(C=CC2=CC(c3ccc(C(C)(C)CC(C)(C)C)cc3)N(c3ccccc3)N2)cc1. The summed E-state index contributed by atoms with van der Waals surface area (Å²) in [6.45, 7) is 23.4. The van der Waals surface area contributed by atoms with Crippen molar-refractivity contribution in [1.29, 1.82) is 0 Å². The van der Waals surface area contributed by atoms with Crippen LogP contribution in [0.4, 0.5) is 5.69 Å². The average molecular weight is 549 g/mol. The zero-order valence-corrected chi connectivity index (χ0v) is 27.2. The van der Waals surface area contributed by atoms with Crippen molar-refractivity contribution >= 4 is 11.8 Å². The van der Waals surface area contributed by atoms with Crippen LogP contribution in [0.2, 0.25) is 0 Å². The van der Waals surface area contributed by atoms with Gasteiger partial charge in [0.25, 0.3) is 0 Å². The molecular formula is C39H52N2. The number of nitrogens with one attached hydrogen (secondary N) is 1. The van der Waals surface area contributed by atoms with Gasteiger partial charge in [-0.25, -0.2) is 0 Å². The van der Waals surface area contributed by atoms with Gasteiger partial charge in [-0.3, -0.25) is 10.4 Å². The molecule has 2 nitrogen and oxygen atoms in total. The zero-order chi connectivity index (χ0) is 30.1. The van der Waals surface area contributed by atoms with E-state index >= 15 is 0 Å². The largest absolute Gasteiger partial charge is 0.298 e. The van der Waals surface area contributed by atoms with Crippen molar-refractivity contribution in [3.63, 3.8) is 0 Å². The van der Waals surface area contributed by atoms with Crippen molar-refractivity contribution in [2.45, 2.75) is 99.0 Å². The summed E-state index contributed by atoms with van der Waals surface area (Å²) in [5.41, 5.74) is 12.1. The number of hydrogen-bond donors (Lipinski definition) is 1. The highest BCUT2D eigenvalue weighted by Gasteiger charge is 2.30. The molecule has 1 atom stereocenters. The molecule has 0 saturated heterocycles. The summed E-state index contributed by atoms with van der Waals surface area (Å²) in [5, 5.41) is 2.27. The van der Waals surface area contributed by atoms with E-state index in [9.17, 15) is 0 Å². The minimum Gasteiger partial charge on any atom is -0.298 e. The summed E-state index contributed by atoms with van der Waals surface area (Å²) in [4.78, 5) is 0. The molecule has 2 heteroatoms. The van der Waals surface area contributed by atoms with E-state index in [0.717, 1.165) is 24.2 Å². The van der Waals surface area contributed by atoms with Crippen molar-refractivity contribution in [3.05, 3.63) is 119 Å². The van der Waals surface area contributed by atoms with Gasteiger partial charge >= 0.3 is 0 Å². The number of rotatable bonds is 8. The predicted molar refractivity (Wildman–Crippen MR) is 179 cm³/mol. The standard InChI is InChI=1S/C39H52N2/c1-36(2,3)27-38(7,8)31-21-16-29(17-22-31)18-25-33-26-35(41(40-33)34-14-12-11-13-15-34)30-19-23-32(24-20-30)39(9,10)28-37(4,5)6/h11-26,35,40H,27-28H2,1-10H3. The van der Waals surface area contributed by atoms with Crippen LogP contribution in [0.15, 0.2) is 96.7 Å². The fraction of sp³-hybridized carbons (Fsp3) is 0.436. The number of benzene rings is 3. The van der Waals surface area contributed by atoms with Gasteiger partial charge in [-0.1, -0.05) is 142 Å². The quantitative estimate of drug-likeness (QED) is 0.301. The molecule has 0 spiro atoms. The van der Waals surface area contributed by atoms with Crippen LogP contribution < -0.4 is 10.4 Å². The zero-order valence-electron chi connectivity index (χ0n) is 27.2. The van der Waals surface area contributed by atoms with Crippen LogP contribution in [-0.4, -0.2) is 0 Å². The molecule has 0 amide bonds. The Hall–Kier alpha value is -3.26. The molecule has 218 valence electrons. The van der Waals surface area contributed by atoms with Gasteiger partial charge < -0.3 is 0 Å². The third kappa shape index (κ3) is 8.15. The molecule has 3 aromatic rings. The van der Waals surface area contributed by atoms with E-state index in [1.54, 1.807) is 0 Å². The molecule has 0 bridgehead atoms. The fourth-order valence-electron chi connectivity index (χ4n) is 6.86. The molecule has 1 aliphatic rings. The molecule has 0 aliphatic carbocycles. The third-order valence-corrected chi connectivity index (χ3v) is 8.03. The van der Waals surface area contributed by atoms with Gasteiger partial charge in [0.15, 0.2) is 0 Å². The number of anilines is 1. The van der Waals surface area contributed by atoms with Gasteiger partial charge in [-0.05, 0) is 81.0 Å². The Bertz CT molecular complexity index is 1340. The highest BCUT2D eigenvalue weighted by molar-refractivity contribution is 5.58. The van der Waals surface area contributed by atoms with Gasteiger partial charge in [0.05, 0.1) is 17.4 Å². The lowest BCUT2D eigenvalue weighted by Gasteiger charge is -2.33. The van der Waals surface area contributed by atoms with E-state index in [-0.39, 0.29) is 22.3 Å². The lowest BCUT2D eigenvalue weighted by atomic mass is 9.72. The first kappa shape index (κ1) is 30.7. The minimum atomic E-state index is 0.109. The van der Waals surface area contributed by atoms with Crippen LogP contribution in [0.1, 0.15) is 110 Å². The van der Waals surface area contributed by atoms with Crippen LogP contribution in [0, 0.1) is 10.8 Å². The monoisotopic (exact) mass is 548 g/mol. The second-order valence-electron chi connectivity index (χ2n) is 15.7. The third-order valence-electron chi connectivity index (χ3n) is 8.03. The van der Waals surface area contributed by atoms with Crippen LogP contribution in [-0.2, 0) is 10.8 Å². The summed E-state index contributed by atoms with van der Waals surface area (Å²) in [6.07, 6.45) is 9.04. The van der Waals surface area contributed by atoms with Gasteiger partial charge in [-0.15, -0.1) is 0 Å². The Morgan fingerprint density at radius 3 is 1.59 bits per heavy atom. The van der Waals surface area contributed by atoms with E-state index in [1.165, 1.54) is 22.3 Å². The highest BCUT2D eigenvalue weighted by atomic mass is 15.5. The molecule has 4 rings (SSSR count). The van der Waals surface area contributed by atoms with Crippen molar-refractivity contribution in [2.75, 3.05) is 5.01 Å². The van der Waals surface area contributed by atoms with Gasteiger partial charge in [0.2, 0.25) is 0 Å². The Balaban J connectivity index is 1.56. The number of hydrazine groups is 1. The molecule has 1 heterocycles. The first-order valence-corrected chi connectivity index (χ1v) is 15.2. The maximum atomic E-state index is 3.67. The van der Waals surface area contributed by atoms with Gasteiger partial charge in [-0.2, -0.15) is 0 Å². The van der Waals surface area contributed by atoms with Crippen molar-refractivity contribution in [2.24, 2.45) is 10.8 Å². The summed E-state index contributed by atoms with van der Waals surface area (Å²) in [6, 6.07) is 29.1. The molecule has 1 aliphatic heterocycles. The number of hydrogen-bond acceptors (Lipinski definition) is 2. The van der Waals surface area contributed by atoms with E-state index < -0.39 is 0 Å². The molecule has 0 aromatic heterocycles. The Morgan fingerprint density at radius 2 is 1.10 bits per heavy atom. The maximum absolute atomic E-state index is 3.67. The number of nitrogens with zero attached hydrogens (tertiary/aromatic N) is 1. The predicted octanol–water partition coefficient (Wildman–Crippen LogP) is 10.8. The van der Waals surface area contributed by atoms with E-state index in [4.69, 9.17) is 0 Å². The summed E-state index contributed by atoms with van der Waals surface area (Å²) < 4.78 is 0. The second kappa shape index (κ2) is 11.6. The normalized spacial score (nSPS) is 16.7. The smallest absolute Gasteiger partial charge is 0.0958 e. The van der Waals surface area contributed by atoms with Crippen LogP contribution in [0.25, 0.3) is 6.08 Å².